The maximum Gasteiger partial charge on any atom is 0.141 e. The molecule has 1 fully saturated rings. The number of halogens is 2. The number of nitrogens with zero attached hydrogens (tertiary/aromatic N) is 2. The van der Waals surface area contributed by atoms with Crippen LogP contribution in [0.3, 0.4) is 0 Å². The van der Waals surface area contributed by atoms with Gasteiger partial charge in [-0.25, -0.2) is 4.39 Å². The molecule has 0 amide bonds. The third-order valence-electron chi connectivity index (χ3n) is 3.89. The van der Waals surface area contributed by atoms with E-state index in [1.165, 1.54) is 17.8 Å². The van der Waals surface area contributed by atoms with Gasteiger partial charge in [-0.1, -0.05) is 17.7 Å². The maximum absolute atomic E-state index is 13.1. The number of ether oxygens (including phenoxy) is 1. The van der Waals surface area contributed by atoms with Gasteiger partial charge in [-0.2, -0.15) is 0 Å². The smallest absolute Gasteiger partial charge is 0.141 e. The number of aliphatic imine (C=N–C) groups is 1. The van der Waals surface area contributed by atoms with Crippen LogP contribution in [0, 0.1) is 12.7 Å². The van der Waals surface area contributed by atoms with Crippen LogP contribution in [0.15, 0.2) is 41.4 Å². The van der Waals surface area contributed by atoms with E-state index >= 15 is 0 Å². The van der Waals surface area contributed by atoms with Gasteiger partial charge in [-0.15, -0.1) is 0 Å². The highest BCUT2D eigenvalue weighted by atomic mass is 35.5. The van der Waals surface area contributed by atoms with E-state index < -0.39 is 5.82 Å². The molecule has 120 valence electrons. The number of aryl methyl sites for hydroxylation is 1. The van der Waals surface area contributed by atoms with Crippen molar-refractivity contribution < 1.29 is 9.13 Å². The van der Waals surface area contributed by atoms with E-state index in [-0.39, 0.29) is 5.02 Å². The molecular weight excluding hydrogens is 315 g/mol. The van der Waals surface area contributed by atoms with Crippen LogP contribution in [0.5, 0.6) is 0 Å². The number of benzene rings is 2. The molecule has 2 aromatic rings. The molecule has 0 aromatic heterocycles. The zero-order valence-electron chi connectivity index (χ0n) is 12.9. The van der Waals surface area contributed by atoms with Gasteiger partial charge < -0.3 is 9.64 Å². The minimum atomic E-state index is -0.434. The monoisotopic (exact) mass is 332 g/mol. The van der Waals surface area contributed by atoms with E-state index in [4.69, 9.17) is 16.3 Å². The maximum atomic E-state index is 13.1. The highest BCUT2D eigenvalue weighted by Crippen LogP contribution is 2.23. The molecule has 5 heteroatoms. The summed E-state index contributed by atoms with van der Waals surface area (Å²) in [5.41, 5.74) is 4.01. The fourth-order valence-corrected chi connectivity index (χ4v) is 2.71. The van der Waals surface area contributed by atoms with Crippen LogP contribution in [0.25, 0.3) is 0 Å². The molecule has 1 aliphatic heterocycles. The first-order valence-corrected chi connectivity index (χ1v) is 7.94. The van der Waals surface area contributed by atoms with Gasteiger partial charge in [-0.05, 0) is 48.4 Å². The number of hydrogen-bond acceptors (Lipinski definition) is 3. The van der Waals surface area contributed by atoms with E-state index in [9.17, 15) is 4.39 Å². The van der Waals surface area contributed by atoms with Gasteiger partial charge in [-0.3, -0.25) is 4.99 Å². The van der Waals surface area contributed by atoms with Crippen molar-refractivity contribution in [3.63, 3.8) is 0 Å². The first kappa shape index (κ1) is 16.0. The summed E-state index contributed by atoms with van der Waals surface area (Å²) in [5.74, 6) is -0.434. The van der Waals surface area contributed by atoms with Gasteiger partial charge in [0, 0.05) is 25.0 Å². The van der Waals surface area contributed by atoms with Crippen molar-refractivity contribution in [3.05, 3.63) is 58.4 Å². The van der Waals surface area contributed by atoms with Crippen LogP contribution >= 0.6 is 11.6 Å². The molecule has 1 aliphatic rings. The third kappa shape index (κ3) is 3.89. The summed E-state index contributed by atoms with van der Waals surface area (Å²) < 4.78 is 18.5. The average molecular weight is 333 g/mol. The molecule has 0 spiro atoms. The number of anilines is 1. The Morgan fingerprint density at radius 2 is 1.96 bits per heavy atom. The predicted octanol–water partition coefficient (Wildman–Crippen LogP) is 4.37. The van der Waals surface area contributed by atoms with Gasteiger partial charge in [0.25, 0.3) is 0 Å². The van der Waals surface area contributed by atoms with Crippen LogP contribution < -0.4 is 4.90 Å². The highest BCUT2D eigenvalue weighted by Gasteiger charge is 2.11. The number of hydrogen-bond donors (Lipinski definition) is 0. The third-order valence-corrected chi connectivity index (χ3v) is 4.18. The number of morpholine rings is 1. The van der Waals surface area contributed by atoms with E-state index in [2.05, 4.69) is 35.0 Å². The Labute approximate surface area is 140 Å². The molecule has 3 nitrogen and oxygen atoms in total. The molecule has 0 saturated carbocycles. The first-order valence-electron chi connectivity index (χ1n) is 7.56. The van der Waals surface area contributed by atoms with E-state index in [1.54, 1.807) is 12.3 Å². The lowest BCUT2D eigenvalue weighted by molar-refractivity contribution is 0.122. The Morgan fingerprint density at radius 3 is 2.65 bits per heavy atom. The van der Waals surface area contributed by atoms with Crippen molar-refractivity contribution in [1.82, 2.24) is 0 Å². The zero-order valence-corrected chi connectivity index (χ0v) is 13.7. The van der Waals surface area contributed by atoms with E-state index in [0.717, 1.165) is 37.4 Å². The molecule has 0 aliphatic carbocycles. The minimum absolute atomic E-state index is 0.0824. The fraction of sp³-hybridized carbons (Fsp3) is 0.278. The molecule has 0 bridgehead atoms. The molecule has 1 heterocycles. The Balaban J connectivity index is 1.77. The van der Waals surface area contributed by atoms with Crippen molar-refractivity contribution in [2.75, 3.05) is 31.2 Å². The molecule has 0 N–H and O–H groups in total. The van der Waals surface area contributed by atoms with Crippen LogP contribution in [0.4, 0.5) is 15.8 Å². The van der Waals surface area contributed by atoms with Crippen LogP contribution in [0.2, 0.25) is 5.02 Å². The van der Waals surface area contributed by atoms with Crippen LogP contribution in [-0.4, -0.2) is 32.5 Å². The van der Waals surface area contributed by atoms with Gasteiger partial charge in [0.05, 0.1) is 23.9 Å². The standard InChI is InChI=1S/C18H18ClFN2O/c1-13-10-16(22-6-8-23-9-7-22)4-2-14(13)12-21-15-3-5-18(20)17(19)11-15/h2-5,10-12H,6-9H2,1H3. The topological polar surface area (TPSA) is 24.8 Å². The lowest BCUT2D eigenvalue weighted by Gasteiger charge is -2.29. The second-order valence-corrected chi connectivity index (χ2v) is 5.90. The summed E-state index contributed by atoms with van der Waals surface area (Å²) in [6.07, 6.45) is 1.78. The predicted molar refractivity (Wildman–Crippen MR) is 92.9 cm³/mol. The lowest BCUT2D eigenvalue weighted by Crippen LogP contribution is -2.36. The zero-order chi connectivity index (χ0) is 16.2. The summed E-state index contributed by atoms with van der Waals surface area (Å²) >= 11 is 5.77. The molecule has 1 saturated heterocycles. The summed E-state index contributed by atoms with van der Waals surface area (Å²) in [6.45, 7) is 5.44. The number of rotatable bonds is 3. The molecule has 2 aromatic carbocycles. The van der Waals surface area contributed by atoms with Gasteiger partial charge in [0.1, 0.15) is 5.82 Å². The Hall–Kier alpha value is -1.91. The fourth-order valence-electron chi connectivity index (χ4n) is 2.53. The van der Waals surface area contributed by atoms with E-state index in [1.807, 2.05) is 0 Å². The van der Waals surface area contributed by atoms with Crippen molar-refractivity contribution >= 4 is 29.2 Å². The first-order chi connectivity index (χ1) is 11.1. The van der Waals surface area contributed by atoms with Crippen LogP contribution in [-0.2, 0) is 4.74 Å². The quantitative estimate of drug-likeness (QED) is 0.779. The molecule has 3 rings (SSSR count). The largest absolute Gasteiger partial charge is 0.378 e. The summed E-state index contributed by atoms with van der Waals surface area (Å²) in [4.78, 5) is 6.69. The summed E-state index contributed by atoms with van der Waals surface area (Å²) in [6, 6.07) is 10.7. The molecule has 0 unspecified atom stereocenters. The molecule has 0 atom stereocenters. The molecule has 0 radical (unpaired) electrons. The SMILES string of the molecule is Cc1cc(N2CCOCC2)ccc1C=Nc1ccc(F)c(Cl)c1. The Kier molecular flexibility index (Phi) is 4.94. The normalized spacial score (nSPS) is 15.3. The summed E-state index contributed by atoms with van der Waals surface area (Å²) in [5, 5.41) is 0.0824. The van der Waals surface area contributed by atoms with Crippen molar-refractivity contribution in [1.29, 1.82) is 0 Å². The van der Waals surface area contributed by atoms with Crippen molar-refractivity contribution in [2.24, 2.45) is 4.99 Å². The second-order valence-electron chi connectivity index (χ2n) is 5.50. The highest BCUT2D eigenvalue weighted by molar-refractivity contribution is 6.31. The van der Waals surface area contributed by atoms with Gasteiger partial charge in [0.15, 0.2) is 0 Å². The van der Waals surface area contributed by atoms with Gasteiger partial charge in [0.2, 0.25) is 0 Å². The molecular formula is C18H18ClFN2O. The van der Waals surface area contributed by atoms with E-state index in [0.29, 0.717) is 5.69 Å². The van der Waals surface area contributed by atoms with Crippen molar-refractivity contribution in [3.8, 4) is 0 Å². The van der Waals surface area contributed by atoms with Crippen molar-refractivity contribution in [2.45, 2.75) is 6.92 Å². The van der Waals surface area contributed by atoms with Crippen LogP contribution in [0.1, 0.15) is 11.1 Å². The summed E-state index contributed by atoms with van der Waals surface area (Å²) in [7, 11) is 0. The average Bonchev–Trinajstić information content (AvgIpc) is 2.57. The Bertz CT molecular complexity index is 727. The Morgan fingerprint density at radius 1 is 1.17 bits per heavy atom. The minimum Gasteiger partial charge on any atom is -0.378 e. The second kappa shape index (κ2) is 7.11. The molecule has 23 heavy (non-hydrogen) atoms. The van der Waals surface area contributed by atoms with Gasteiger partial charge >= 0.3 is 0 Å². The lowest BCUT2D eigenvalue weighted by atomic mass is 10.1.